The quantitative estimate of drug-likeness (QED) is 0.874. The van der Waals surface area contributed by atoms with E-state index in [1.807, 2.05) is 0 Å². The summed E-state index contributed by atoms with van der Waals surface area (Å²) in [5, 5.41) is 2.69. The fourth-order valence-electron chi connectivity index (χ4n) is 1.23. The number of rotatable bonds is 2. The van der Waals surface area contributed by atoms with Crippen molar-refractivity contribution in [2.45, 2.75) is 0 Å². The molecule has 2 rings (SSSR count). The maximum Gasteiger partial charge on any atom is 0.291 e. The minimum Gasteiger partial charge on any atom is -0.459 e. The molecule has 2 aromatic rings. The molecule has 0 bridgehead atoms. The number of anilines is 1. The van der Waals surface area contributed by atoms with Crippen LogP contribution in [-0.2, 0) is 0 Å². The van der Waals surface area contributed by atoms with Crippen LogP contribution in [0.4, 0.5) is 10.1 Å². The molecule has 0 aliphatic rings. The number of halogens is 2. The van der Waals surface area contributed by atoms with Gasteiger partial charge < -0.3 is 9.73 Å². The smallest absolute Gasteiger partial charge is 0.291 e. The number of hydrogen-bond acceptors (Lipinski definition) is 2. The van der Waals surface area contributed by atoms with Gasteiger partial charge in [-0.25, -0.2) is 4.39 Å². The lowest BCUT2D eigenvalue weighted by Crippen LogP contribution is -2.10. The highest BCUT2D eigenvalue weighted by atomic mass is 35.5. The molecule has 16 heavy (non-hydrogen) atoms. The molecule has 1 aromatic heterocycles. The molecule has 1 heterocycles. The fourth-order valence-corrected chi connectivity index (χ4v) is 1.45. The Bertz CT molecular complexity index is 490. The first-order valence-electron chi connectivity index (χ1n) is 4.46. The Balaban J connectivity index is 2.18. The Kier molecular flexibility index (Phi) is 2.92. The summed E-state index contributed by atoms with van der Waals surface area (Å²) in [5.74, 6) is -0.811. The molecular weight excluding hydrogens is 233 g/mol. The topological polar surface area (TPSA) is 42.2 Å². The van der Waals surface area contributed by atoms with E-state index < -0.39 is 11.7 Å². The van der Waals surface area contributed by atoms with E-state index in [1.165, 1.54) is 24.5 Å². The van der Waals surface area contributed by atoms with Crippen molar-refractivity contribution in [1.82, 2.24) is 0 Å². The highest BCUT2D eigenvalue weighted by Gasteiger charge is 2.09. The summed E-state index contributed by atoms with van der Waals surface area (Å²) in [7, 11) is 0. The molecule has 0 saturated carbocycles. The Labute approximate surface area is 95.8 Å². The van der Waals surface area contributed by atoms with Crippen molar-refractivity contribution in [1.29, 1.82) is 0 Å². The van der Waals surface area contributed by atoms with Crippen molar-refractivity contribution in [3.05, 3.63) is 53.2 Å². The third-order valence-electron chi connectivity index (χ3n) is 1.87. The lowest BCUT2D eigenvalue weighted by Gasteiger charge is -2.03. The molecule has 0 atom stereocenters. The summed E-state index contributed by atoms with van der Waals surface area (Å²) in [4.78, 5) is 11.5. The van der Waals surface area contributed by atoms with Gasteiger partial charge in [0.25, 0.3) is 5.91 Å². The molecule has 0 spiro atoms. The number of carbonyl (C=O) groups excluding carboxylic acids is 1. The van der Waals surface area contributed by atoms with Gasteiger partial charge in [-0.1, -0.05) is 11.6 Å². The van der Waals surface area contributed by atoms with Crippen molar-refractivity contribution < 1.29 is 13.6 Å². The fraction of sp³-hybridized carbons (Fsp3) is 0. The van der Waals surface area contributed by atoms with E-state index in [2.05, 4.69) is 5.32 Å². The maximum atomic E-state index is 13.0. The van der Waals surface area contributed by atoms with Crippen molar-refractivity contribution in [2.75, 3.05) is 5.32 Å². The Morgan fingerprint density at radius 2 is 2.19 bits per heavy atom. The number of benzene rings is 1. The van der Waals surface area contributed by atoms with E-state index in [0.29, 0.717) is 0 Å². The van der Waals surface area contributed by atoms with Crippen LogP contribution in [0.5, 0.6) is 0 Å². The van der Waals surface area contributed by atoms with Crippen LogP contribution >= 0.6 is 11.6 Å². The summed E-state index contributed by atoms with van der Waals surface area (Å²) < 4.78 is 17.9. The maximum absolute atomic E-state index is 13.0. The summed E-state index contributed by atoms with van der Waals surface area (Å²) in [6, 6.07) is 6.88. The summed E-state index contributed by atoms with van der Waals surface area (Å²) in [5.41, 5.74) is 0.284. The molecule has 0 saturated heterocycles. The molecule has 0 fully saturated rings. The molecular formula is C11H7ClFNO2. The van der Waals surface area contributed by atoms with Crippen molar-refractivity contribution in [3.8, 4) is 0 Å². The largest absolute Gasteiger partial charge is 0.459 e. The SMILES string of the molecule is O=C(Nc1cc(F)cc(Cl)c1)c1ccco1. The molecule has 1 N–H and O–H groups in total. The number of furan rings is 1. The van der Waals surface area contributed by atoms with E-state index in [9.17, 15) is 9.18 Å². The van der Waals surface area contributed by atoms with Crippen LogP contribution in [0.15, 0.2) is 41.0 Å². The zero-order chi connectivity index (χ0) is 11.5. The van der Waals surface area contributed by atoms with Crippen molar-refractivity contribution in [2.24, 2.45) is 0 Å². The Morgan fingerprint density at radius 3 is 2.81 bits per heavy atom. The first-order valence-corrected chi connectivity index (χ1v) is 4.84. The Hall–Kier alpha value is -1.81. The standard InChI is InChI=1S/C11H7ClFNO2/c12-7-4-8(13)6-9(5-7)14-11(15)10-2-1-3-16-10/h1-6H,(H,14,15). The van der Waals surface area contributed by atoms with Gasteiger partial charge in [-0.3, -0.25) is 4.79 Å². The van der Waals surface area contributed by atoms with Crippen LogP contribution in [0, 0.1) is 5.82 Å². The van der Waals surface area contributed by atoms with Gasteiger partial charge in [0.05, 0.1) is 6.26 Å². The van der Waals surface area contributed by atoms with E-state index in [1.54, 1.807) is 6.07 Å². The summed E-state index contributed by atoms with van der Waals surface area (Å²) in [6.45, 7) is 0. The van der Waals surface area contributed by atoms with Crippen molar-refractivity contribution in [3.63, 3.8) is 0 Å². The van der Waals surface area contributed by atoms with Crippen LogP contribution in [0.1, 0.15) is 10.6 Å². The zero-order valence-corrected chi connectivity index (χ0v) is 8.79. The average Bonchev–Trinajstić information content (AvgIpc) is 2.68. The average molecular weight is 240 g/mol. The lowest BCUT2D eigenvalue weighted by atomic mass is 10.3. The number of amides is 1. The van der Waals surface area contributed by atoms with Gasteiger partial charge in [0, 0.05) is 10.7 Å². The Morgan fingerprint density at radius 1 is 1.38 bits per heavy atom. The van der Waals surface area contributed by atoms with Gasteiger partial charge in [-0.15, -0.1) is 0 Å². The molecule has 3 nitrogen and oxygen atoms in total. The predicted octanol–water partition coefficient (Wildman–Crippen LogP) is 3.32. The second kappa shape index (κ2) is 4.37. The highest BCUT2D eigenvalue weighted by molar-refractivity contribution is 6.31. The normalized spacial score (nSPS) is 10.1. The van der Waals surface area contributed by atoms with E-state index in [4.69, 9.17) is 16.0 Å². The molecule has 0 radical (unpaired) electrons. The van der Waals surface area contributed by atoms with E-state index >= 15 is 0 Å². The van der Waals surface area contributed by atoms with Crippen LogP contribution in [-0.4, -0.2) is 5.91 Å². The second-order valence-corrected chi connectivity index (χ2v) is 3.53. The van der Waals surface area contributed by atoms with Gasteiger partial charge in [0.1, 0.15) is 5.82 Å². The second-order valence-electron chi connectivity index (χ2n) is 3.09. The molecule has 0 aliphatic carbocycles. The first-order chi connectivity index (χ1) is 7.65. The third-order valence-corrected chi connectivity index (χ3v) is 2.08. The molecule has 5 heteroatoms. The third kappa shape index (κ3) is 2.41. The van der Waals surface area contributed by atoms with E-state index in [-0.39, 0.29) is 16.5 Å². The van der Waals surface area contributed by atoms with Crippen LogP contribution in [0.3, 0.4) is 0 Å². The van der Waals surface area contributed by atoms with Crippen LogP contribution in [0.25, 0.3) is 0 Å². The number of nitrogens with one attached hydrogen (secondary N) is 1. The molecule has 0 aliphatic heterocycles. The monoisotopic (exact) mass is 239 g/mol. The zero-order valence-electron chi connectivity index (χ0n) is 8.04. The van der Waals surface area contributed by atoms with Gasteiger partial charge in [-0.2, -0.15) is 0 Å². The minimum atomic E-state index is -0.512. The minimum absolute atomic E-state index is 0.153. The van der Waals surface area contributed by atoms with Gasteiger partial charge >= 0.3 is 0 Å². The van der Waals surface area contributed by atoms with Crippen LogP contribution < -0.4 is 5.32 Å². The molecule has 1 amide bonds. The van der Waals surface area contributed by atoms with Gasteiger partial charge in [-0.05, 0) is 30.3 Å². The predicted molar refractivity (Wildman–Crippen MR) is 58.1 cm³/mol. The van der Waals surface area contributed by atoms with Gasteiger partial charge in [0.15, 0.2) is 5.76 Å². The molecule has 0 unspecified atom stereocenters. The van der Waals surface area contributed by atoms with Gasteiger partial charge in [0.2, 0.25) is 0 Å². The number of carbonyl (C=O) groups is 1. The van der Waals surface area contributed by atoms with Crippen LogP contribution in [0.2, 0.25) is 5.02 Å². The molecule has 82 valence electrons. The van der Waals surface area contributed by atoms with E-state index in [0.717, 1.165) is 6.07 Å². The first kappa shape index (κ1) is 10.7. The number of hydrogen-bond donors (Lipinski definition) is 1. The summed E-state index contributed by atoms with van der Waals surface area (Å²) >= 11 is 5.64. The molecule has 1 aromatic carbocycles. The lowest BCUT2D eigenvalue weighted by molar-refractivity contribution is 0.0996. The highest BCUT2D eigenvalue weighted by Crippen LogP contribution is 2.18. The van der Waals surface area contributed by atoms with Crippen molar-refractivity contribution >= 4 is 23.2 Å². The summed E-state index contributed by atoms with van der Waals surface area (Å²) in [6.07, 6.45) is 1.38.